The van der Waals surface area contributed by atoms with Crippen LogP contribution in [0.2, 0.25) is 0 Å². The van der Waals surface area contributed by atoms with Crippen LogP contribution in [0.1, 0.15) is 36.0 Å². The van der Waals surface area contributed by atoms with Crippen LogP contribution in [-0.2, 0) is 25.9 Å². The second-order valence-corrected chi connectivity index (χ2v) is 7.59. The van der Waals surface area contributed by atoms with Crippen molar-refractivity contribution < 1.29 is 17.9 Å². The fourth-order valence-electron chi connectivity index (χ4n) is 3.67. The second-order valence-electron chi connectivity index (χ2n) is 7.59. The molecule has 162 valence electrons. The van der Waals surface area contributed by atoms with Crippen LogP contribution in [0.5, 0.6) is 5.75 Å². The van der Waals surface area contributed by atoms with Crippen molar-refractivity contribution in [1.29, 1.82) is 0 Å². The number of ether oxygens (including phenoxy) is 1. The van der Waals surface area contributed by atoms with Crippen molar-refractivity contribution in [2.45, 2.75) is 45.6 Å². The maximum absolute atomic E-state index is 12.3. The Morgan fingerprint density at radius 2 is 1.84 bits per heavy atom. The Labute approximate surface area is 178 Å². The summed E-state index contributed by atoms with van der Waals surface area (Å²) in [4.78, 5) is 16.0. The number of benzene rings is 1. The lowest BCUT2D eigenvalue weighted by Crippen LogP contribution is -2.31. The predicted octanol–water partition coefficient (Wildman–Crippen LogP) is 4.95. The third-order valence-corrected chi connectivity index (χ3v) is 5.15. The van der Waals surface area contributed by atoms with E-state index in [-0.39, 0.29) is 5.75 Å². The number of aryl methyl sites for hydroxylation is 1. The topological polar surface area (TPSA) is 51.1 Å². The first-order valence-corrected chi connectivity index (χ1v) is 10.3. The fraction of sp³-hybridized carbons (Fsp3) is 0.348. The number of aromatic nitrogens is 3. The maximum atomic E-state index is 12.3. The van der Waals surface area contributed by atoms with Gasteiger partial charge in [0.1, 0.15) is 11.6 Å². The third kappa shape index (κ3) is 5.58. The summed E-state index contributed by atoms with van der Waals surface area (Å²) < 4.78 is 40.8. The lowest BCUT2D eigenvalue weighted by molar-refractivity contribution is -0.274. The summed E-state index contributed by atoms with van der Waals surface area (Å²) in [6, 6.07) is 9.59. The first-order chi connectivity index (χ1) is 14.9. The van der Waals surface area contributed by atoms with E-state index in [2.05, 4.69) is 26.5 Å². The van der Waals surface area contributed by atoms with Gasteiger partial charge in [0, 0.05) is 61.7 Å². The summed E-state index contributed by atoms with van der Waals surface area (Å²) >= 11 is 0. The Morgan fingerprint density at radius 1 is 1.03 bits per heavy atom. The van der Waals surface area contributed by atoms with Crippen molar-refractivity contribution >= 4 is 0 Å². The van der Waals surface area contributed by atoms with Crippen LogP contribution < -0.4 is 4.74 Å². The standard InChI is InChI=1S/C23H23F3N4O/c1-2-3-22-28-13-18-15-30(11-10-21(18)29-22)14-16-4-9-20(27-12-16)17-5-7-19(8-6-17)31-23(24,25)26/h4-9,12-13H,2-3,10-11,14-15H2,1H3. The zero-order valence-electron chi connectivity index (χ0n) is 17.2. The highest BCUT2D eigenvalue weighted by Gasteiger charge is 2.31. The Morgan fingerprint density at radius 3 is 2.52 bits per heavy atom. The minimum Gasteiger partial charge on any atom is -0.406 e. The molecule has 0 atom stereocenters. The molecular weight excluding hydrogens is 405 g/mol. The van der Waals surface area contributed by atoms with Gasteiger partial charge < -0.3 is 4.74 Å². The molecule has 4 rings (SSSR count). The van der Waals surface area contributed by atoms with Crippen LogP contribution in [-0.4, -0.2) is 32.8 Å². The molecule has 3 heterocycles. The van der Waals surface area contributed by atoms with Crippen LogP contribution in [0.3, 0.4) is 0 Å². The average Bonchev–Trinajstić information content (AvgIpc) is 2.74. The Hall–Kier alpha value is -3.00. The van der Waals surface area contributed by atoms with Gasteiger partial charge in [-0.1, -0.05) is 13.0 Å². The lowest BCUT2D eigenvalue weighted by atomic mass is 10.1. The summed E-state index contributed by atoms with van der Waals surface area (Å²) in [5.74, 6) is 0.677. The molecular formula is C23H23F3N4O. The van der Waals surface area contributed by atoms with E-state index < -0.39 is 6.36 Å². The molecule has 5 nitrogen and oxygen atoms in total. The van der Waals surface area contributed by atoms with E-state index in [1.54, 1.807) is 12.1 Å². The van der Waals surface area contributed by atoms with Crippen molar-refractivity contribution in [1.82, 2.24) is 19.9 Å². The predicted molar refractivity (Wildman–Crippen MR) is 110 cm³/mol. The third-order valence-electron chi connectivity index (χ3n) is 5.15. The molecule has 1 aromatic carbocycles. The van der Waals surface area contributed by atoms with E-state index in [0.717, 1.165) is 61.5 Å². The van der Waals surface area contributed by atoms with Gasteiger partial charge >= 0.3 is 6.36 Å². The van der Waals surface area contributed by atoms with E-state index in [0.29, 0.717) is 5.69 Å². The van der Waals surface area contributed by atoms with Gasteiger partial charge in [-0.3, -0.25) is 9.88 Å². The van der Waals surface area contributed by atoms with Gasteiger partial charge in [-0.05, 0) is 42.3 Å². The number of rotatable bonds is 6. The molecule has 0 saturated carbocycles. The van der Waals surface area contributed by atoms with Crippen LogP contribution in [0.4, 0.5) is 13.2 Å². The second kappa shape index (κ2) is 9.01. The number of halogens is 3. The van der Waals surface area contributed by atoms with Crippen molar-refractivity contribution in [3.8, 4) is 17.0 Å². The molecule has 0 amide bonds. The van der Waals surface area contributed by atoms with E-state index >= 15 is 0 Å². The first kappa shape index (κ1) is 21.2. The van der Waals surface area contributed by atoms with Crippen molar-refractivity contribution in [3.05, 3.63) is 71.4 Å². The molecule has 0 aliphatic carbocycles. The SMILES string of the molecule is CCCc1ncc2c(n1)CCN(Cc1ccc(-c3ccc(OC(F)(F)F)cc3)nc1)C2. The number of hydrogen-bond donors (Lipinski definition) is 0. The molecule has 31 heavy (non-hydrogen) atoms. The first-order valence-electron chi connectivity index (χ1n) is 10.3. The highest BCUT2D eigenvalue weighted by Crippen LogP contribution is 2.26. The van der Waals surface area contributed by atoms with Gasteiger partial charge in [-0.25, -0.2) is 9.97 Å². The molecule has 1 aliphatic rings. The molecule has 8 heteroatoms. The van der Waals surface area contributed by atoms with E-state index in [4.69, 9.17) is 4.98 Å². The van der Waals surface area contributed by atoms with Crippen LogP contribution in [0.15, 0.2) is 48.8 Å². The fourth-order valence-corrected chi connectivity index (χ4v) is 3.67. The number of pyridine rings is 1. The molecule has 1 aliphatic heterocycles. The number of hydrogen-bond acceptors (Lipinski definition) is 5. The summed E-state index contributed by atoms with van der Waals surface area (Å²) in [5.41, 5.74) is 4.84. The van der Waals surface area contributed by atoms with E-state index in [9.17, 15) is 13.2 Å². The lowest BCUT2D eigenvalue weighted by Gasteiger charge is -2.28. The van der Waals surface area contributed by atoms with Crippen molar-refractivity contribution in [2.24, 2.45) is 0 Å². The van der Waals surface area contributed by atoms with Gasteiger partial charge in [-0.2, -0.15) is 0 Å². The molecule has 2 aromatic heterocycles. The van der Waals surface area contributed by atoms with Gasteiger partial charge in [0.15, 0.2) is 0 Å². The highest BCUT2D eigenvalue weighted by molar-refractivity contribution is 5.60. The largest absolute Gasteiger partial charge is 0.573 e. The molecule has 3 aromatic rings. The smallest absolute Gasteiger partial charge is 0.406 e. The van der Waals surface area contributed by atoms with Crippen LogP contribution in [0.25, 0.3) is 11.3 Å². The minimum absolute atomic E-state index is 0.246. The van der Waals surface area contributed by atoms with Gasteiger partial charge in [0.25, 0.3) is 0 Å². The van der Waals surface area contributed by atoms with Gasteiger partial charge in [-0.15, -0.1) is 13.2 Å². The molecule has 0 unspecified atom stereocenters. The van der Waals surface area contributed by atoms with E-state index in [1.807, 2.05) is 24.5 Å². The molecule has 0 bridgehead atoms. The molecule has 0 radical (unpaired) electrons. The molecule has 0 saturated heterocycles. The molecule has 0 spiro atoms. The van der Waals surface area contributed by atoms with Crippen LogP contribution >= 0.6 is 0 Å². The van der Waals surface area contributed by atoms with E-state index in [1.165, 1.54) is 17.7 Å². The summed E-state index contributed by atoms with van der Waals surface area (Å²) in [6.45, 7) is 4.63. The normalized spacial score (nSPS) is 14.3. The Bertz CT molecular complexity index is 1020. The summed E-state index contributed by atoms with van der Waals surface area (Å²) in [5, 5.41) is 0. The minimum atomic E-state index is -4.69. The van der Waals surface area contributed by atoms with Crippen molar-refractivity contribution in [2.75, 3.05) is 6.54 Å². The molecule has 0 N–H and O–H groups in total. The van der Waals surface area contributed by atoms with Gasteiger partial charge in [0.2, 0.25) is 0 Å². The average molecular weight is 428 g/mol. The number of fused-ring (bicyclic) bond motifs is 1. The zero-order chi connectivity index (χ0) is 21.8. The number of alkyl halides is 3. The quantitative estimate of drug-likeness (QED) is 0.556. The van der Waals surface area contributed by atoms with Gasteiger partial charge in [0.05, 0.1) is 5.69 Å². The zero-order valence-corrected chi connectivity index (χ0v) is 17.2. The monoisotopic (exact) mass is 428 g/mol. The maximum Gasteiger partial charge on any atom is 0.573 e. The van der Waals surface area contributed by atoms with Crippen molar-refractivity contribution in [3.63, 3.8) is 0 Å². The van der Waals surface area contributed by atoms with Crippen LogP contribution in [0, 0.1) is 0 Å². The highest BCUT2D eigenvalue weighted by atomic mass is 19.4. The molecule has 0 fully saturated rings. The number of nitrogens with zero attached hydrogens (tertiary/aromatic N) is 4. The Kier molecular flexibility index (Phi) is 6.18. The summed E-state index contributed by atoms with van der Waals surface area (Å²) in [7, 11) is 0. The summed E-state index contributed by atoms with van der Waals surface area (Å²) in [6.07, 6.45) is 1.93. The Balaban J connectivity index is 1.38.